The number of hydrazine groups is 1. The van der Waals surface area contributed by atoms with Crippen LogP contribution in [0, 0.1) is 11.8 Å². The first-order valence-corrected chi connectivity index (χ1v) is 7.47. The normalized spacial score (nSPS) is 29.0. The van der Waals surface area contributed by atoms with E-state index in [1.54, 1.807) is 0 Å². The highest BCUT2D eigenvalue weighted by Crippen LogP contribution is 2.31. The summed E-state index contributed by atoms with van der Waals surface area (Å²) in [5, 5.41) is 0. The Morgan fingerprint density at radius 2 is 2.00 bits per heavy atom. The lowest BCUT2D eigenvalue weighted by atomic mass is 9.80. The molecule has 0 saturated heterocycles. The molecule has 1 rings (SSSR count). The van der Waals surface area contributed by atoms with Gasteiger partial charge in [-0.15, -0.1) is 0 Å². The molecule has 0 spiro atoms. The van der Waals surface area contributed by atoms with Crippen molar-refractivity contribution >= 4 is 11.8 Å². The lowest BCUT2D eigenvalue weighted by molar-refractivity contribution is 0.243. The molecule has 0 radical (unpaired) electrons. The fraction of sp³-hybridized carbons (Fsp3) is 1.00. The molecule has 1 aliphatic carbocycles. The molecule has 3 heteroatoms. The Labute approximate surface area is 98.7 Å². The van der Waals surface area contributed by atoms with Gasteiger partial charge in [-0.1, -0.05) is 26.7 Å². The predicted octanol–water partition coefficient (Wildman–Crippen LogP) is 2.79. The molecule has 0 aliphatic heterocycles. The lowest BCUT2D eigenvalue weighted by Gasteiger charge is -2.32. The number of rotatable bonds is 6. The van der Waals surface area contributed by atoms with Crippen molar-refractivity contribution in [1.29, 1.82) is 0 Å². The molecule has 1 saturated carbocycles. The van der Waals surface area contributed by atoms with Gasteiger partial charge in [-0.2, -0.15) is 11.8 Å². The fourth-order valence-electron chi connectivity index (χ4n) is 2.36. The molecule has 1 fully saturated rings. The van der Waals surface area contributed by atoms with E-state index >= 15 is 0 Å². The largest absolute Gasteiger partial charge is 0.271 e. The maximum Gasteiger partial charge on any atom is 0.0329 e. The maximum atomic E-state index is 5.66. The molecule has 0 aromatic carbocycles. The fourth-order valence-corrected chi connectivity index (χ4v) is 3.44. The Balaban J connectivity index is 2.24. The molecule has 0 bridgehead atoms. The Kier molecular flexibility index (Phi) is 6.69. The van der Waals surface area contributed by atoms with Gasteiger partial charge in [0.2, 0.25) is 0 Å². The lowest BCUT2D eigenvalue weighted by Crippen LogP contribution is -2.44. The van der Waals surface area contributed by atoms with Gasteiger partial charge >= 0.3 is 0 Å². The standard InChI is InChI=1S/C12H26N2S/c1-3-8-15-9-12(14-13)11-6-4-10(2)5-7-11/h10-12,14H,3-9,13H2,1-2H3. The van der Waals surface area contributed by atoms with E-state index in [1.807, 2.05) is 11.8 Å². The third-order valence-electron chi connectivity index (χ3n) is 3.49. The van der Waals surface area contributed by atoms with Crippen LogP contribution in [0.2, 0.25) is 0 Å². The Hall–Kier alpha value is 0.270. The van der Waals surface area contributed by atoms with Gasteiger partial charge in [-0.25, -0.2) is 0 Å². The molecule has 0 aromatic heterocycles. The minimum absolute atomic E-state index is 0.536. The SMILES string of the molecule is CCCSCC(NN)C1CCC(C)CC1. The number of hydrogen-bond acceptors (Lipinski definition) is 3. The topological polar surface area (TPSA) is 38.0 Å². The van der Waals surface area contributed by atoms with Gasteiger partial charge in [-0.3, -0.25) is 11.3 Å². The van der Waals surface area contributed by atoms with E-state index in [4.69, 9.17) is 5.84 Å². The van der Waals surface area contributed by atoms with E-state index in [9.17, 15) is 0 Å². The summed E-state index contributed by atoms with van der Waals surface area (Å²) < 4.78 is 0. The van der Waals surface area contributed by atoms with Gasteiger partial charge in [0.25, 0.3) is 0 Å². The van der Waals surface area contributed by atoms with Crippen LogP contribution in [-0.2, 0) is 0 Å². The van der Waals surface area contributed by atoms with E-state index in [0.29, 0.717) is 6.04 Å². The second-order valence-corrected chi connectivity index (χ2v) is 6.02. The van der Waals surface area contributed by atoms with E-state index in [-0.39, 0.29) is 0 Å². The van der Waals surface area contributed by atoms with Crippen LogP contribution < -0.4 is 11.3 Å². The molecule has 90 valence electrons. The van der Waals surface area contributed by atoms with Crippen LogP contribution in [0.4, 0.5) is 0 Å². The van der Waals surface area contributed by atoms with Crippen LogP contribution in [0.3, 0.4) is 0 Å². The summed E-state index contributed by atoms with van der Waals surface area (Å²) in [4.78, 5) is 0. The van der Waals surface area contributed by atoms with Gasteiger partial charge in [0, 0.05) is 11.8 Å². The van der Waals surface area contributed by atoms with Crippen molar-refractivity contribution in [2.24, 2.45) is 17.7 Å². The summed E-state index contributed by atoms with van der Waals surface area (Å²) in [6.07, 6.45) is 6.78. The van der Waals surface area contributed by atoms with Crippen molar-refractivity contribution in [3.8, 4) is 0 Å². The summed E-state index contributed by atoms with van der Waals surface area (Å²) in [6.45, 7) is 4.60. The first kappa shape index (κ1) is 13.3. The average molecular weight is 230 g/mol. The highest BCUT2D eigenvalue weighted by Gasteiger charge is 2.24. The van der Waals surface area contributed by atoms with Gasteiger partial charge in [-0.05, 0) is 36.9 Å². The summed E-state index contributed by atoms with van der Waals surface area (Å²) in [5.74, 6) is 9.85. The molecule has 0 amide bonds. The summed E-state index contributed by atoms with van der Waals surface area (Å²) in [7, 11) is 0. The molecule has 1 unspecified atom stereocenters. The van der Waals surface area contributed by atoms with Crippen molar-refractivity contribution in [2.45, 2.75) is 52.0 Å². The highest BCUT2D eigenvalue weighted by atomic mass is 32.2. The van der Waals surface area contributed by atoms with Crippen LogP contribution >= 0.6 is 11.8 Å². The molecule has 1 atom stereocenters. The number of hydrogen-bond donors (Lipinski definition) is 2. The van der Waals surface area contributed by atoms with Crippen LogP contribution in [0.25, 0.3) is 0 Å². The van der Waals surface area contributed by atoms with Crippen molar-refractivity contribution in [3.05, 3.63) is 0 Å². The molecule has 2 nitrogen and oxygen atoms in total. The first-order chi connectivity index (χ1) is 7.27. The molecule has 0 heterocycles. The zero-order valence-corrected chi connectivity index (χ0v) is 11.0. The van der Waals surface area contributed by atoms with Crippen LogP contribution in [0.5, 0.6) is 0 Å². The second-order valence-electron chi connectivity index (χ2n) is 4.87. The average Bonchev–Trinajstić information content (AvgIpc) is 2.26. The molecular formula is C12H26N2S. The first-order valence-electron chi connectivity index (χ1n) is 6.31. The van der Waals surface area contributed by atoms with Crippen molar-refractivity contribution < 1.29 is 0 Å². The summed E-state index contributed by atoms with van der Waals surface area (Å²) >= 11 is 2.04. The quantitative estimate of drug-likeness (QED) is 0.419. The predicted molar refractivity (Wildman–Crippen MR) is 69.8 cm³/mol. The molecule has 3 N–H and O–H groups in total. The van der Waals surface area contributed by atoms with Crippen LogP contribution in [-0.4, -0.2) is 17.5 Å². The van der Waals surface area contributed by atoms with Crippen molar-refractivity contribution in [3.63, 3.8) is 0 Å². The van der Waals surface area contributed by atoms with Gasteiger partial charge in [0.05, 0.1) is 0 Å². The summed E-state index contributed by atoms with van der Waals surface area (Å²) in [6, 6.07) is 0.536. The summed E-state index contributed by atoms with van der Waals surface area (Å²) in [5.41, 5.74) is 3.02. The van der Waals surface area contributed by atoms with E-state index < -0.39 is 0 Å². The van der Waals surface area contributed by atoms with Crippen molar-refractivity contribution in [1.82, 2.24) is 5.43 Å². The van der Waals surface area contributed by atoms with Crippen molar-refractivity contribution in [2.75, 3.05) is 11.5 Å². The Morgan fingerprint density at radius 1 is 1.33 bits per heavy atom. The van der Waals surface area contributed by atoms with Crippen LogP contribution in [0.15, 0.2) is 0 Å². The number of nitrogens with one attached hydrogen (secondary N) is 1. The smallest absolute Gasteiger partial charge is 0.0329 e. The Bertz CT molecular complexity index is 156. The number of thioether (sulfide) groups is 1. The van der Waals surface area contributed by atoms with E-state index in [1.165, 1.54) is 43.6 Å². The third kappa shape index (κ3) is 4.75. The molecule has 1 aliphatic rings. The minimum atomic E-state index is 0.536. The van der Waals surface area contributed by atoms with Gasteiger partial charge in [0.15, 0.2) is 0 Å². The number of nitrogens with two attached hydrogens (primary N) is 1. The molecule has 15 heavy (non-hydrogen) atoms. The van der Waals surface area contributed by atoms with E-state index in [2.05, 4.69) is 19.3 Å². The monoisotopic (exact) mass is 230 g/mol. The second kappa shape index (κ2) is 7.53. The van der Waals surface area contributed by atoms with Crippen LogP contribution in [0.1, 0.15) is 46.0 Å². The zero-order valence-electron chi connectivity index (χ0n) is 10.2. The highest BCUT2D eigenvalue weighted by molar-refractivity contribution is 7.99. The third-order valence-corrected chi connectivity index (χ3v) is 4.78. The van der Waals surface area contributed by atoms with Gasteiger partial charge in [0.1, 0.15) is 0 Å². The minimum Gasteiger partial charge on any atom is -0.271 e. The Morgan fingerprint density at radius 3 is 2.53 bits per heavy atom. The molecule has 0 aromatic rings. The molecular weight excluding hydrogens is 204 g/mol. The van der Waals surface area contributed by atoms with Gasteiger partial charge < -0.3 is 0 Å². The van der Waals surface area contributed by atoms with E-state index in [0.717, 1.165) is 11.8 Å². The maximum absolute atomic E-state index is 5.66. The zero-order chi connectivity index (χ0) is 11.1.